The molecule has 1 aliphatic heterocycles. The minimum Gasteiger partial charge on any atom is -0.361 e. The third-order valence-electron chi connectivity index (χ3n) is 6.41. The summed E-state index contributed by atoms with van der Waals surface area (Å²) in [6, 6.07) is 19.5. The molecule has 0 bridgehead atoms. The molecule has 0 aromatic heterocycles. The van der Waals surface area contributed by atoms with E-state index in [1.165, 1.54) is 17.0 Å². The second kappa shape index (κ2) is 11.7. The van der Waals surface area contributed by atoms with Gasteiger partial charge in [-0.25, -0.2) is 4.99 Å². The molecule has 39 heavy (non-hydrogen) atoms. The number of rotatable bonds is 6. The molecule has 3 aromatic rings. The maximum Gasteiger partial charge on any atom is 0.416 e. The van der Waals surface area contributed by atoms with Gasteiger partial charge < -0.3 is 20.4 Å². The van der Waals surface area contributed by atoms with Gasteiger partial charge in [0, 0.05) is 29.7 Å². The number of fused-ring (bicyclic) bond motifs is 1. The van der Waals surface area contributed by atoms with Gasteiger partial charge in [0.25, 0.3) is 5.91 Å². The summed E-state index contributed by atoms with van der Waals surface area (Å²) in [5.74, 6) is -0.319. The number of anilines is 1. The fraction of sp³-hybridized carbons (Fsp3) is 0.250. The van der Waals surface area contributed by atoms with Gasteiger partial charge in [-0.1, -0.05) is 54.1 Å². The number of carbonyl (C=O) groups excluding carboxylic acids is 1. The highest BCUT2D eigenvalue weighted by Crippen LogP contribution is 2.31. The van der Waals surface area contributed by atoms with Crippen molar-refractivity contribution in [2.45, 2.75) is 18.4 Å². The lowest BCUT2D eigenvalue weighted by atomic mass is 10.0. The monoisotopic (exact) mass is 573 g/mol. The standard InChI is InChI=1S/C28H27ClF3N5OS/c1-36(2)23(17-9-11-19(12-10-17)28(30,31)32)16-33-27(39)35-25-26(38)37(3)22-14-13-20(29)15-21(22)24(34-25)18-7-5-4-6-8-18/h4-15,23,25H,16H2,1-3H3,(H2,33,35,39). The van der Waals surface area contributed by atoms with Crippen molar-refractivity contribution in [3.8, 4) is 0 Å². The maximum absolute atomic E-state index is 13.4. The number of aliphatic imine (C=N–C) groups is 1. The van der Waals surface area contributed by atoms with E-state index < -0.39 is 17.9 Å². The van der Waals surface area contributed by atoms with Crippen LogP contribution < -0.4 is 15.5 Å². The average Bonchev–Trinajstić information content (AvgIpc) is 2.99. The number of thiocarbonyl (C=S) groups is 1. The zero-order valence-electron chi connectivity index (χ0n) is 21.5. The Bertz CT molecular complexity index is 1380. The molecule has 1 aliphatic rings. The summed E-state index contributed by atoms with van der Waals surface area (Å²) in [6.07, 6.45) is -5.43. The Morgan fingerprint density at radius 1 is 1.10 bits per heavy atom. The SMILES string of the molecule is CN1C(=O)C(NC(=S)NCC(c2ccc(C(F)(F)F)cc2)N(C)C)N=C(c2ccccc2)c2cc(Cl)ccc21. The van der Waals surface area contributed by atoms with E-state index in [4.69, 9.17) is 28.8 Å². The number of likely N-dealkylation sites (N-methyl/N-ethyl adjacent to an activating group) is 2. The van der Waals surface area contributed by atoms with E-state index in [1.54, 1.807) is 25.2 Å². The van der Waals surface area contributed by atoms with E-state index in [0.29, 0.717) is 27.5 Å². The summed E-state index contributed by atoms with van der Waals surface area (Å²) in [6.45, 7) is 0.284. The van der Waals surface area contributed by atoms with E-state index >= 15 is 0 Å². The van der Waals surface area contributed by atoms with E-state index in [9.17, 15) is 18.0 Å². The number of amides is 1. The van der Waals surface area contributed by atoms with Gasteiger partial charge in [0.1, 0.15) is 0 Å². The number of benzene rings is 3. The van der Waals surface area contributed by atoms with Crippen LogP contribution in [0.15, 0.2) is 77.8 Å². The first kappa shape index (κ1) is 28.5. The molecule has 1 amide bonds. The Hall–Kier alpha value is -3.47. The molecular formula is C28H27ClF3N5OS. The Kier molecular flexibility index (Phi) is 8.58. The van der Waals surface area contributed by atoms with E-state index in [0.717, 1.165) is 17.7 Å². The van der Waals surface area contributed by atoms with Crippen molar-refractivity contribution in [2.75, 3.05) is 32.6 Å². The fourth-order valence-electron chi connectivity index (χ4n) is 4.32. The number of nitrogens with one attached hydrogen (secondary N) is 2. The number of benzodiazepines with no additional fused rings is 1. The topological polar surface area (TPSA) is 60.0 Å². The van der Waals surface area contributed by atoms with Crippen LogP contribution in [0.1, 0.15) is 28.3 Å². The molecule has 4 rings (SSSR count). The predicted octanol–water partition coefficient (Wildman–Crippen LogP) is 5.27. The smallest absolute Gasteiger partial charge is 0.361 e. The van der Waals surface area contributed by atoms with Gasteiger partial charge in [-0.15, -0.1) is 0 Å². The van der Waals surface area contributed by atoms with Crippen molar-refractivity contribution >= 4 is 46.2 Å². The quantitative estimate of drug-likeness (QED) is 0.394. The third kappa shape index (κ3) is 6.58. The lowest BCUT2D eigenvalue weighted by Crippen LogP contribution is -2.50. The Morgan fingerprint density at radius 2 is 1.77 bits per heavy atom. The van der Waals surface area contributed by atoms with Crippen LogP contribution in [0.4, 0.5) is 18.9 Å². The lowest BCUT2D eigenvalue weighted by Gasteiger charge is -2.27. The first-order valence-electron chi connectivity index (χ1n) is 12.0. The van der Waals surface area contributed by atoms with E-state index in [1.807, 2.05) is 49.3 Å². The highest BCUT2D eigenvalue weighted by atomic mass is 35.5. The van der Waals surface area contributed by atoms with Crippen molar-refractivity contribution < 1.29 is 18.0 Å². The number of hydrogen-bond donors (Lipinski definition) is 2. The molecule has 0 spiro atoms. The van der Waals surface area contributed by atoms with Crippen LogP contribution in [0.25, 0.3) is 0 Å². The van der Waals surface area contributed by atoms with Crippen molar-refractivity contribution in [3.63, 3.8) is 0 Å². The van der Waals surface area contributed by atoms with Gasteiger partial charge in [0.2, 0.25) is 6.17 Å². The average molecular weight is 574 g/mol. The van der Waals surface area contributed by atoms with Crippen LogP contribution in [0.3, 0.4) is 0 Å². The van der Waals surface area contributed by atoms with E-state index in [-0.39, 0.29) is 23.6 Å². The first-order valence-corrected chi connectivity index (χ1v) is 12.8. The van der Waals surface area contributed by atoms with E-state index in [2.05, 4.69) is 10.6 Å². The van der Waals surface area contributed by atoms with Crippen LogP contribution in [0.5, 0.6) is 0 Å². The predicted molar refractivity (Wildman–Crippen MR) is 152 cm³/mol. The molecule has 0 saturated heterocycles. The summed E-state index contributed by atoms with van der Waals surface area (Å²) in [5.41, 5.74) is 2.74. The third-order valence-corrected chi connectivity index (χ3v) is 6.91. The maximum atomic E-state index is 13.4. The number of nitrogens with zero attached hydrogens (tertiary/aromatic N) is 3. The number of carbonyl (C=O) groups is 1. The minimum absolute atomic E-state index is 0.181. The van der Waals surface area contributed by atoms with Gasteiger partial charge >= 0.3 is 6.18 Å². The fourth-order valence-corrected chi connectivity index (χ4v) is 4.69. The molecule has 6 nitrogen and oxygen atoms in total. The molecule has 0 fully saturated rings. The molecule has 2 N–H and O–H groups in total. The molecule has 204 valence electrons. The molecule has 11 heteroatoms. The molecule has 0 radical (unpaired) electrons. The second-order valence-electron chi connectivity index (χ2n) is 9.26. The van der Waals surface area contributed by atoms with Crippen LogP contribution in [-0.2, 0) is 11.0 Å². The van der Waals surface area contributed by atoms with Crippen molar-refractivity contribution in [3.05, 3.63) is 100 Å². The van der Waals surface area contributed by atoms with Gasteiger partial charge in [-0.3, -0.25) is 4.79 Å². The number of alkyl halides is 3. The van der Waals surface area contributed by atoms with Gasteiger partial charge in [0.05, 0.1) is 23.0 Å². The van der Waals surface area contributed by atoms with Crippen molar-refractivity contribution in [2.24, 2.45) is 4.99 Å². The first-order chi connectivity index (χ1) is 18.5. The van der Waals surface area contributed by atoms with Gasteiger partial charge in [-0.2, -0.15) is 13.2 Å². The van der Waals surface area contributed by atoms with Crippen LogP contribution in [-0.4, -0.2) is 55.5 Å². The zero-order valence-corrected chi connectivity index (χ0v) is 23.0. The minimum atomic E-state index is -4.40. The Labute approximate surface area is 235 Å². The lowest BCUT2D eigenvalue weighted by molar-refractivity contribution is -0.137. The summed E-state index contributed by atoms with van der Waals surface area (Å²) >= 11 is 11.8. The van der Waals surface area contributed by atoms with Crippen LogP contribution >= 0.6 is 23.8 Å². The van der Waals surface area contributed by atoms with Gasteiger partial charge in [-0.05, 0) is 62.2 Å². The molecule has 1 heterocycles. The van der Waals surface area contributed by atoms with Crippen molar-refractivity contribution in [1.29, 1.82) is 0 Å². The molecule has 3 aromatic carbocycles. The summed E-state index contributed by atoms with van der Waals surface area (Å²) in [4.78, 5) is 21.6. The molecule has 2 unspecified atom stereocenters. The Balaban J connectivity index is 1.55. The highest BCUT2D eigenvalue weighted by Gasteiger charge is 2.32. The number of hydrogen-bond acceptors (Lipinski definition) is 4. The molecule has 2 atom stereocenters. The highest BCUT2D eigenvalue weighted by molar-refractivity contribution is 7.80. The van der Waals surface area contributed by atoms with Crippen LogP contribution in [0, 0.1) is 0 Å². The normalized spacial score (nSPS) is 16.3. The Morgan fingerprint density at radius 3 is 2.38 bits per heavy atom. The van der Waals surface area contributed by atoms with Crippen LogP contribution in [0.2, 0.25) is 5.02 Å². The molecule has 0 saturated carbocycles. The molecular weight excluding hydrogens is 547 g/mol. The largest absolute Gasteiger partial charge is 0.416 e. The second-order valence-corrected chi connectivity index (χ2v) is 10.1. The van der Waals surface area contributed by atoms with Crippen molar-refractivity contribution in [1.82, 2.24) is 15.5 Å². The summed E-state index contributed by atoms with van der Waals surface area (Å²) in [7, 11) is 5.31. The summed E-state index contributed by atoms with van der Waals surface area (Å²) in [5, 5.41) is 6.79. The zero-order chi connectivity index (χ0) is 28.3. The molecule has 0 aliphatic carbocycles. The number of halogens is 4. The van der Waals surface area contributed by atoms with Gasteiger partial charge in [0.15, 0.2) is 5.11 Å². The summed E-state index contributed by atoms with van der Waals surface area (Å²) < 4.78 is 39.0.